The van der Waals surface area contributed by atoms with E-state index in [1.165, 1.54) is 27.1 Å². The quantitative estimate of drug-likeness (QED) is 0.916. The Morgan fingerprint density at radius 1 is 1.11 bits per heavy atom. The van der Waals surface area contributed by atoms with Crippen molar-refractivity contribution in [2.24, 2.45) is 5.73 Å². The van der Waals surface area contributed by atoms with Crippen LogP contribution in [0.3, 0.4) is 0 Å². The number of rotatable bonds is 3. The van der Waals surface area contributed by atoms with Gasteiger partial charge in [0.05, 0.1) is 5.69 Å². The number of hydrogen-bond donors (Lipinski definition) is 1. The second-order valence-electron chi connectivity index (χ2n) is 4.75. The van der Waals surface area contributed by atoms with Gasteiger partial charge in [0, 0.05) is 10.4 Å². The summed E-state index contributed by atoms with van der Waals surface area (Å²) in [6.07, 6.45) is 0.924. The number of hydrogen-bond acceptors (Lipinski definition) is 3. The number of aromatic nitrogens is 1. The Morgan fingerprint density at radius 3 is 2.50 bits per heavy atom. The van der Waals surface area contributed by atoms with Crippen molar-refractivity contribution in [3.8, 4) is 10.6 Å². The summed E-state index contributed by atoms with van der Waals surface area (Å²) in [6, 6.07) is 4.36. The maximum atomic E-state index is 5.63. The molecule has 0 spiro atoms. The van der Waals surface area contributed by atoms with Crippen molar-refractivity contribution in [3.63, 3.8) is 0 Å². The second-order valence-corrected chi connectivity index (χ2v) is 5.83. The summed E-state index contributed by atoms with van der Waals surface area (Å²) in [5.41, 5.74) is 12.0. The number of nitrogens with zero attached hydrogens (tertiary/aromatic N) is 1. The van der Waals surface area contributed by atoms with Crippen molar-refractivity contribution in [3.05, 3.63) is 39.4 Å². The summed E-state index contributed by atoms with van der Waals surface area (Å²) in [6.45, 7) is 9.27. The molecule has 2 nitrogen and oxygen atoms in total. The lowest BCUT2D eigenvalue weighted by atomic mass is 9.99. The van der Waals surface area contributed by atoms with Crippen LogP contribution in [-0.2, 0) is 6.42 Å². The molecule has 1 aromatic carbocycles. The van der Waals surface area contributed by atoms with Gasteiger partial charge in [0.2, 0.25) is 0 Å². The van der Waals surface area contributed by atoms with Gasteiger partial charge in [-0.1, -0.05) is 12.1 Å². The molecule has 0 fully saturated rings. The minimum atomic E-state index is 0.689. The van der Waals surface area contributed by atoms with Crippen molar-refractivity contribution in [2.45, 2.75) is 34.1 Å². The molecule has 2 N–H and O–H groups in total. The van der Waals surface area contributed by atoms with Crippen LogP contribution in [0.4, 0.5) is 0 Å². The van der Waals surface area contributed by atoms with E-state index in [1.54, 1.807) is 11.3 Å². The van der Waals surface area contributed by atoms with Crippen LogP contribution in [0.15, 0.2) is 12.1 Å². The highest BCUT2D eigenvalue weighted by Crippen LogP contribution is 2.32. The zero-order valence-corrected chi connectivity index (χ0v) is 12.3. The van der Waals surface area contributed by atoms with Crippen molar-refractivity contribution >= 4 is 11.3 Å². The summed E-state index contributed by atoms with van der Waals surface area (Å²) in [7, 11) is 0. The van der Waals surface area contributed by atoms with Gasteiger partial charge in [-0.2, -0.15) is 0 Å². The summed E-state index contributed by atoms with van der Waals surface area (Å²) in [5.74, 6) is 0. The molecule has 0 saturated carbocycles. The minimum Gasteiger partial charge on any atom is -0.330 e. The highest BCUT2D eigenvalue weighted by atomic mass is 32.1. The maximum Gasteiger partial charge on any atom is 0.124 e. The van der Waals surface area contributed by atoms with E-state index in [-0.39, 0.29) is 0 Å². The molecule has 0 aliphatic heterocycles. The predicted molar refractivity (Wildman–Crippen MR) is 79.3 cm³/mol. The Morgan fingerprint density at radius 2 is 1.83 bits per heavy atom. The Hall–Kier alpha value is -1.19. The van der Waals surface area contributed by atoms with Gasteiger partial charge in [0.25, 0.3) is 0 Å². The van der Waals surface area contributed by atoms with Crippen molar-refractivity contribution < 1.29 is 0 Å². The molecule has 96 valence electrons. The second kappa shape index (κ2) is 5.21. The van der Waals surface area contributed by atoms with Crippen LogP contribution in [0, 0.1) is 27.7 Å². The van der Waals surface area contributed by atoms with E-state index in [9.17, 15) is 0 Å². The average molecular weight is 260 g/mol. The standard InChI is InChI=1S/C15H20N2S/c1-9-5-6-13(11(3)10(9)2)15-17-12(4)14(18-15)7-8-16/h5-6H,7-8,16H2,1-4H3. The smallest absolute Gasteiger partial charge is 0.124 e. The van der Waals surface area contributed by atoms with Crippen LogP contribution in [0.5, 0.6) is 0 Å². The van der Waals surface area contributed by atoms with E-state index in [4.69, 9.17) is 10.7 Å². The first-order valence-electron chi connectivity index (χ1n) is 6.28. The van der Waals surface area contributed by atoms with E-state index in [0.29, 0.717) is 6.54 Å². The summed E-state index contributed by atoms with van der Waals surface area (Å²) in [4.78, 5) is 6.00. The number of thiazole rings is 1. The van der Waals surface area contributed by atoms with Crippen LogP contribution in [0.2, 0.25) is 0 Å². The highest BCUT2D eigenvalue weighted by Gasteiger charge is 2.12. The molecular formula is C15H20N2S. The third kappa shape index (κ3) is 2.33. The van der Waals surface area contributed by atoms with Gasteiger partial charge in [-0.3, -0.25) is 0 Å². The molecular weight excluding hydrogens is 240 g/mol. The fourth-order valence-corrected chi connectivity index (χ4v) is 3.25. The molecule has 18 heavy (non-hydrogen) atoms. The molecule has 2 rings (SSSR count). The first-order chi connectivity index (χ1) is 8.54. The number of aryl methyl sites for hydroxylation is 2. The maximum absolute atomic E-state index is 5.63. The van der Waals surface area contributed by atoms with Crippen LogP contribution < -0.4 is 5.73 Å². The molecule has 0 saturated heterocycles. The highest BCUT2D eigenvalue weighted by molar-refractivity contribution is 7.15. The van der Waals surface area contributed by atoms with Crippen LogP contribution >= 0.6 is 11.3 Å². The Bertz CT molecular complexity index is 570. The first kappa shape index (κ1) is 13.2. The van der Waals surface area contributed by atoms with E-state index in [1.807, 2.05) is 0 Å². The molecule has 0 atom stereocenters. The Labute approximate surface area is 113 Å². The number of nitrogens with two attached hydrogens (primary N) is 1. The molecule has 0 radical (unpaired) electrons. The lowest BCUT2D eigenvalue weighted by molar-refractivity contribution is 0.970. The molecule has 1 aromatic heterocycles. The van der Waals surface area contributed by atoms with Crippen LogP contribution in [-0.4, -0.2) is 11.5 Å². The molecule has 0 amide bonds. The van der Waals surface area contributed by atoms with Crippen molar-refractivity contribution in [2.75, 3.05) is 6.54 Å². The van der Waals surface area contributed by atoms with E-state index in [0.717, 1.165) is 17.1 Å². The monoisotopic (exact) mass is 260 g/mol. The molecule has 0 bridgehead atoms. The van der Waals surface area contributed by atoms with E-state index < -0.39 is 0 Å². The number of benzene rings is 1. The normalized spacial score (nSPS) is 10.9. The van der Waals surface area contributed by atoms with Gasteiger partial charge >= 0.3 is 0 Å². The molecule has 2 aromatic rings. The fourth-order valence-electron chi connectivity index (χ4n) is 2.09. The SMILES string of the molecule is Cc1ccc(-c2nc(C)c(CCN)s2)c(C)c1C. The zero-order chi connectivity index (χ0) is 13.3. The Kier molecular flexibility index (Phi) is 3.83. The van der Waals surface area contributed by atoms with Gasteiger partial charge < -0.3 is 5.73 Å². The molecule has 3 heteroatoms. The van der Waals surface area contributed by atoms with Crippen LogP contribution in [0.25, 0.3) is 10.6 Å². The van der Waals surface area contributed by atoms with Crippen LogP contribution in [0.1, 0.15) is 27.3 Å². The summed E-state index contributed by atoms with van der Waals surface area (Å²) >= 11 is 1.77. The van der Waals surface area contributed by atoms with Gasteiger partial charge in [-0.05, 0) is 57.4 Å². The molecule has 1 heterocycles. The van der Waals surface area contributed by atoms with Gasteiger partial charge in [-0.15, -0.1) is 11.3 Å². The minimum absolute atomic E-state index is 0.689. The lowest BCUT2D eigenvalue weighted by Crippen LogP contribution is -2.01. The van der Waals surface area contributed by atoms with Gasteiger partial charge in [0.1, 0.15) is 5.01 Å². The summed E-state index contributed by atoms with van der Waals surface area (Å²) in [5, 5.41) is 1.12. The topological polar surface area (TPSA) is 38.9 Å². The predicted octanol–water partition coefficient (Wildman–Crippen LogP) is 3.54. The average Bonchev–Trinajstić information content (AvgIpc) is 2.68. The van der Waals surface area contributed by atoms with Crippen molar-refractivity contribution in [1.29, 1.82) is 0 Å². The van der Waals surface area contributed by atoms with Gasteiger partial charge in [0.15, 0.2) is 0 Å². The van der Waals surface area contributed by atoms with E-state index in [2.05, 4.69) is 39.8 Å². The Balaban J connectivity index is 2.49. The van der Waals surface area contributed by atoms with E-state index >= 15 is 0 Å². The fraction of sp³-hybridized carbons (Fsp3) is 0.400. The third-order valence-corrected chi connectivity index (χ3v) is 4.80. The third-order valence-electron chi connectivity index (χ3n) is 3.55. The molecule has 0 aliphatic carbocycles. The summed E-state index contributed by atoms with van der Waals surface area (Å²) < 4.78 is 0. The first-order valence-corrected chi connectivity index (χ1v) is 7.09. The lowest BCUT2D eigenvalue weighted by Gasteiger charge is -2.08. The molecule has 0 aliphatic rings. The van der Waals surface area contributed by atoms with Gasteiger partial charge in [-0.25, -0.2) is 4.98 Å². The zero-order valence-electron chi connectivity index (χ0n) is 11.5. The largest absolute Gasteiger partial charge is 0.330 e. The molecule has 0 unspecified atom stereocenters. The van der Waals surface area contributed by atoms with Crippen molar-refractivity contribution in [1.82, 2.24) is 4.98 Å².